The SMILES string of the molecule is CCOc1ccc(C(=O)Nc2ccc(S(=O)(=O)NC(C)CC)cc2)cc1OCC. The van der Waals surface area contributed by atoms with Gasteiger partial charge in [0.1, 0.15) is 0 Å². The Morgan fingerprint density at radius 2 is 1.59 bits per heavy atom. The molecule has 0 aliphatic rings. The van der Waals surface area contributed by atoms with Gasteiger partial charge in [0.25, 0.3) is 5.91 Å². The molecule has 7 nitrogen and oxygen atoms in total. The molecule has 1 atom stereocenters. The largest absolute Gasteiger partial charge is 0.490 e. The van der Waals surface area contributed by atoms with Gasteiger partial charge in [-0.2, -0.15) is 0 Å². The molecule has 0 bridgehead atoms. The van der Waals surface area contributed by atoms with Crippen molar-refractivity contribution < 1.29 is 22.7 Å². The number of nitrogens with one attached hydrogen (secondary N) is 2. The first-order valence-corrected chi connectivity index (χ1v) is 11.1. The minimum absolute atomic E-state index is 0.149. The number of sulfonamides is 1. The van der Waals surface area contributed by atoms with Gasteiger partial charge in [-0.25, -0.2) is 13.1 Å². The molecule has 2 N–H and O–H groups in total. The molecule has 8 heteroatoms. The van der Waals surface area contributed by atoms with E-state index >= 15 is 0 Å². The van der Waals surface area contributed by atoms with E-state index in [0.29, 0.717) is 42.4 Å². The molecule has 2 rings (SSSR count). The number of ether oxygens (including phenoxy) is 2. The van der Waals surface area contributed by atoms with Gasteiger partial charge in [0.2, 0.25) is 10.0 Å². The average molecular weight is 421 g/mol. The molecule has 0 spiro atoms. The van der Waals surface area contributed by atoms with Crippen LogP contribution in [0.15, 0.2) is 47.4 Å². The number of hydrogen-bond donors (Lipinski definition) is 2. The van der Waals surface area contributed by atoms with Crippen LogP contribution in [0.25, 0.3) is 0 Å². The Morgan fingerprint density at radius 1 is 0.966 bits per heavy atom. The van der Waals surface area contributed by atoms with Crippen molar-refractivity contribution in [1.82, 2.24) is 4.72 Å². The Hall–Kier alpha value is -2.58. The van der Waals surface area contributed by atoms with Crippen molar-refractivity contribution in [2.24, 2.45) is 0 Å². The summed E-state index contributed by atoms with van der Waals surface area (Å²) in [4.78, 5) is 12.7. The summed E-state index contributed by atoms with van der Waals surface area (Å²) in [6.45, 7) is 8.38. The van der Waals surface area contributed by atoms with Gasteiger partial charge < -0.3 is 14.8 Å². The summed E-state index contributed by atoms with van der Waals surface area (Å²) in [7, 11) is -3.58. The third-order valence-corrected chi connectivity index (χ3v) is 5.80. The van der Waals surface area contributed by atoms with Gasteiger partial charge in [-0.05, 0) is 69.7 Å². The number of rotatable bonds is 10. The molecule has 0 saturated carbocycles. The lowest BCUT2D eigenvalue weighted by Crippen LogP contribution is -2.31. The predicted octanol–water partition coefficient (Wildman–Crippen LogP) is 3.81. The van der Waals surface area contributed by atoms with Gasteiger partial charge in [0, 0.05) is 17.3 Å². The number of hydrogen-bond acceptors (Lipinski definition) is 5. The molecule has 0 radical (unpaired) electrons. The van der Waals surface area contributed by atoms with Crippen LogP contribution in [0.5, 0.6) is 11.5 Å². The summed E-state index contributed by atoms with van der Waals surface area (Å²) in [6.07, 6.45) is 0.694. The highest BCUT2D eigenvalue weighted by molar-refractivity contribution is 7.89. The molecule has 0 fully saturated rings. The van der Waals surface area contributed by atoms with Gasteiger partial charge in [0.15, 0.2) is 11.5 Å². The first kappa shape index (κ1) is 22.7. The summed E-state index contributed by atoms with van der Waals surface area (Å²) in [5.41, 5.74) is 0.899. The zero-order valence-electron chi connectivity index (χ0n) is 17.2. The van der Waals surface area contributed by atoms with Gasteiger partial charge >= 0.3 is 0 Å². The summed E-state index contributed by atoms with van der Waals surface area (Å²) in [6, 6.07) is 10.9. The highest BCUT2D eigenvalue weighted by atomic mass is 32.2. The molecule has 0 aliphatic carbocycles. The molecule has 0 saturated heterocycles. The molecular weight excluding hydrogens is 392 g/mol. The van der Waals surface area contributed by atoms with Crippen LogP contribution in [0.2, 0.25) is 0 Å². The zero-order chi connectivity index (χ0) is 21.4. The molecule has 1 amide bonds. The lowest BCUT2D eigenvalue weighted by atomic mass is 10.2. The Kier molecular flexibility index (Phi) is 8.04. The fourth-order valence-electron chi connectivity index (χ4n) is 2.53. The molecule has 0 heterocycles. The lowest BCUT2D eigenvalue weighted by molar-refractivity contribution is 0.102. The van der Waals surface area contributed by atoms with E-state index in [0.717, 1.165) is 0 Å². The molecule has 158 valence electrons. The van der Waals surface area contributed by atoms with E-state index in [1.54, 1.807) is 37.3 Å². The first-order chi connectivity index (χ1) is 13.8. The summed E-state index contributed by atoms with van der Waals surface area (Å²) < 4.78 is 38.3. The molecular formula is C21H28N2O5S. The monoisotopic (exact) mass is 420 g/mol. The van der Waals surface area contributed by atoms with Gasteiger partial charge in [-0.1, -0.05) is 6.92 Å². The molecule has 2 aromatic rings. The molecule has 29 heavy (non-hydrogen) atoms. The third kappa shape index (κ3) is 6.20. The van der Waals surface area contributed by atoms with Crippen LogP contribution in [0.1, 0.15) is 44.5 Å². The maximum Gasteiger partial charge on any atom is 0.255 e. The Morgan fingerprint density at radius 3 is 2.17 bits per heavy atom. The number of carbonyl (C=O) groups is 1. The summed E-state index contributed by atoms with van der Waals surface area (Å²) in [5.74, 6) is 0.746. The highest BCUT2D eigenvalue weighted by Crippen LogP contribution is 2.29. The minimum atomic E-state index is -3.58. The third-order valence-electron chi connectivity index (χ3n) is 4.20. The van der Waals surface area contributed by atoms with Crippen molar-refractivity contribution in [2.45, 2.75) is 45.1 Å². The van der Waals surface area contributed by atoms with Crippen LogP contribution in [0.3, 0.4) is 0 Å². The van der Waals surface area contributed by atoms with E-state index in [1.165, 1.54) is 12.1 Å². The number of amides is 1. The second-order valence-corrected chi connectivity index (χ2v) is 8.15. The minimum Gasteiger partial charge on any atom is -0.490 e. The van der Waals surface area contributed by atoms with Crippen molar-refractivity contribution in [3.05, 3.63) is 48.0 Å². The van der Waals surface area contributed by atoms with Crippen LogP contribution in [0, 0.1) is 0 Å². The average Bonchev–Trinajstić information content (AvgIpc) is 2.69. The van der Waals surface area contributed by atoms with E-state index in [1.807, 2.05) is 20.8 Å². The normalized spacial score (nSPS) is 12.3. The fraction of sp³-hybridized carbons (Fsp3) is 0.381. The van der Waals surface area contributed by atoms with Crippen molar-refractivity contribution in [2.75, 3.05) is 18.5 Å². The summed E-state index contributed by atoms with van der Waals surface area (Å²) >= 11 is 0. The number of anilines is 1. The second kappa shape index (κ2) is 10.3. The zero-order valence-corrected chi connectivity index (χ0v) is 18.0. The topological polar surface area (TPSA) is 93.7 Å². The molecule has 1 unspecified atom stereocenters. The molecule has 0 aliphatic heterocycles. The lowest BCUT2D eigenvalue weighted by Gasteiger charge is -2.13. The first-order valence-electron chi connectivity index (χ1n) is 9.64. The van der Waals surface area contributed by atoms with E-state index in [4.69, 9.17) is 9.47 Å². The van der Waals surface area contributed by atoms with Crippen LogP contribution in [0.4, 0.5) is 5.69 Å². The smallest absolute Gasteiger partial charge is 0.255 e. The number of carbonyl (C=O) groups excluding carboxylic acids is 1. The molecule has 0 aromatic heterocycles. The van der Waals surface area contributed by atoms with E-state index in [2.05, 4.69) is 10.0 Å². The Bertz CT molecular complexity index is 927. The van der Waals surface area contributed by atoms with Crippen LogP contribution < -0.4 is 19.5 Å². The van der Waals surface area contributed by atoms with E-state index < -0.39 is 10.0 Å². The quantitative estimate of drug-likeness (QED) is 0.610. The maximum absolute atomic E-state index is 12.6. The van der Waals surface area contributed by atoms with Crippen LogP contribution in [-0.4, -0.2) is 33.6 Å². The van der Waals surface area contributed by atoms with E-state index in [9.17, 15) is 13.2 Å². The Labute approximate surface area is 172 Å². The van der Waals surface area contributed by atoms with Gasteiger partial charge in [-0.15, -0.1) is 0 Å². The van der Waals surface area contributed by atoms with Crippen molar-refractivity contribution in [3.8, 4) is 11.5 Å². The Balaban J connectivity index is 2.14. The second-order valence-electron chi connectivity index (χ2n) is 6.44. The van der Waals surface area contributed by atoms with Crippen molar-refractivity contribution in [3.63, 3.8) is 0 Å². The highest BCUT2D eigenvalue weighted by Gasteiger charge is 2.17. The number of benzene rings is 2. The van der Waals surface area contributed by atoms with Gasteiger partial charge in [-0.3, -0.25) is 4.79 Å². The molecule has 2 aromatic carbocycles. The predicted molar refractivity (Wildman–Crippen MR) is 113 cm³/mol. The van der Waals surface area contributed by atoms with Crippen molar-refractivity contribution in [1.29, 1.82) is 0 Å². The maximum atomic E-state index is 12.6. The van der Waals surface area contributed by atoms with Crippen LogP contribution in [-0.2, 0) is 10.0 Å². The van der Waals surface area contributed by atoms with Crippen LogP contribution >= 0.6 is 0 Å². The summed E-state index contributed by atoms with van der Waals surface area (Å²) in [5, 5.41) is 2.76. The fourth-order valence-corrected chi connectivity index (χ4v) is 3.86. The van der Waals surface area contributed by atoms with E-state index in [-0.39, 0.29) is 16.8 Å². The van der Waals surface area contributed by atoms with Gasteiger partial charge in [0.05, 0.1) is 18.1 Å². The van der Waals surface area contributed by atoms with Crippen molar-refractivity contribution >= 4 is 21.6 Å². The standard InChI is InChI=1S/C21H28N2O5S/c1-5-15(4)23-29(25,26)18-11-9-17(10-12-18)22-21(24)16-8-13-19(27-6-2)20(14-16)28-7-3/h8-15,23H,5-7H2,1-4H3,(H,22,24).